The molecule has 2 aromatic heterocycles. The Hall–Kier alpha value is -2.11. The first-order chi connectivity index (χ1) is 10.6. The van der Waals surface area contributed by atoms with Gasteiger partial charge >= 0.3 is 0 Å². The van der Waals surface area contributed by atoms with Gasteiger partial charge in [0.1, 0.15) is 0 Å². The second-order valence-corrected chi connectivity index (χ2v) is 6.25. The molecule has 0 aliphatic carbocycles. The minimum atomic E-state index is -0.193. The van der Waals surface area contributed by atoms with Crippen molar-refractivity contribution in [2.75, 3.05) is 0 Å². The molecule has 0 aliphatic heterocycles. The molecule has 0 radical (unpaired) electrons. The van der Waals surface area contributed by atoms with Gasteiger partial charge in [-0.1, -0.05) is 23.7 Å². The number of halogens is 1. The Balaban J connectivity index is 1.74. The molecule has 1 atom stereocenters. The van der Waals surface area contributed by atoms with Crippen molar-refractivity contribution < 1.29 is 4.79 Å². The second-order valence-electron chi connectivity index (χ2n) is 4.84. The van der Waals surface area contributed by atoms with E-state index in [0.29, 0.717) is 10.7 Å². The van der Waals surface area contributed by atoms with Crippen LogP contribution in [-0.4, -0.2) is 15.7 Å². The molecule has 0 unspecified atom stereocenters. The summed E-state index contributed by atoms with van der Waals surface area (Å²) in [4.78, 5) is 13.4. The molecule has 0 saturated carbocycles. The molecular formula is C16H14ClN3OS. The number of thiophene rings is 1. The van der Waals surface area contributed by atoms with E-state index >= 15 is 0 Å². The van der Waals surface area contributed by atoms with E-state index in [9.17, 15) is 4.79 Å². The third kappa shape index (κ3) is 3.21. The normalized spacial score (nSPS) is 12.1. The average molecular weight is 332 g/mol. The van der Waals surface area contributed by atoms with E-state index < -0.39 is 0 Å². The van der Waals surface area contributed by atoms with Crippen LogP contribution in [0.4, 0.5) is 0 Å². The Morgan fingerprint density at radius 3 is 2.91 bits per heavy atom. The van der Waals surface area contributed by atoms with Gasteiger partial charge in [0.05, 0.1) is 11.7 Å². The van der Waals surface area contributed by atoms with Crippen molar-refractivity contribution >= 4 is 28.8 Å². The van der Waals surface area contributed by atoms with E-state index in [4.69, 9.17) is 11.6 Å². The molecule has 2 heterocycles. The minimum absolute atomic E-state index is 0.0381. The van der Waals surface area contributed by atoms with Crippen molar-refractivity contribution in [1.82, 2.24) is 15.1 Å². The number of nitrogens with zero attached hydrogens (tertiary/aromatic N) is 2. The zero-order chi connectivity index (χ0) is 15.5. The van der Waals surface area contributed by atoms with Crippen molar-refractivity contribution in [3.63, 3.8) is 0 Å². The Kier molecular flexibility index (Phi) is 4.27. The molecule has 3 rings (SSSR count). The third-order valence-corrected chi connectivity index (χ3v) is 4.50. The number of amides is 1. The molecular weight excluding hydrogens is 318 g/mol. The van der Waals surface area contributed by atoms with Crippen LogP contribution in [-0.2, 0) is 0 Å². The lowest BCUT2D eigenvalue weighted by atomic mass is 10.2. The van der Waals surface area contributed by atoms with Crippen LogP contribution in [0.15, 0.2) is 54.0 Å². The summed E-state index contributed by atoms with van der Waals surface area (Å²) in [5, 5.41) is 9.87. The first-order valence-electron chi connectivity index (χ1n) is 6.79. The summed E-state index contributed by atoms with van der Waals surface area (Å²) in [6.07, 6.45) is 1.75. The molecule has 0 spiro atoms. The van der Waals surface area contributed by atoms with Crippen molar-refractivity contribution in [2.45, 2.75) is 13.0 Å². The van der Waals surface area contributed by atoms with Gasteiger partial charge < -0.3 is 5.32 Å². The van der Waals surface area contributed by atoms with Crippen molar-refractivity contribution in [3.8, 4) is 5.69 Å². The molecule has 6 heteroatoms. The lowest BCUT2D eigenvalue weighted by Gasteiger charge is -2.10. The molecule has 112 valence electrons. The first-order valence-corrected chi connectivity index (χ1v) is 8.05. The number of nitrogens with one attached hydrogen (secondary N) is 1. The number of aromatic nitrogens is 2. The highest BCUT2D eigenvalue weighted by molar-refractivity contribution is 7.10. The summed E-state index contributed by atoms with van der Waals surface area (Å²) < 4.78 is 1.64. The Bertz CT molecular complexity index is 782. The van der Waals surface area contributed by atoms with Gasteiger partial charge in [0, 0.05) is 16.1 Å². The van der Waals surface area contributed by atoms with E-state index in [-0.39, 0.29) is 11.9 Å². The lowest BCUT2D eigenvalue weighted by Crippen LogP contribution is -2.26. The molecule has 4 nitrogen and oxygen atoms in total. The lowest BCUT2D eigenvalue weighted by molar-refractivity contribution is 0.0935. The standard InChI is InChI=1S/C16H14ClN3OS/c1-11(15-6-3-9-22-15)18-16(21)14-7-8-20(19-14)13-5-2-4-12(17)10-13/h2-11H,1H3,(H,18,21)/t11-/m1/s1. The van der Waals surface area contributed by atoms with Crippen LogP contribution < -0.4 is 5.32 Å². The van der Waals surface area contributed by atoms with Crippen LogP contribution in [0.2, 0.25) is 5.02 Å². The molecule has 22 heavy (non-hydrogen) atoms. The first kappa shape index (κ1) is 14.8. The molecule has 1 N–H and O–H groups in total. The van der Waals surface area contributed by atoms with E-state index in [0.717, 1.165) is 10.6 Å². The second kappa shape index (κ2) is 6.34. The highest BCUT2D eigenvalue weighted by Gasteiger charge is 2.14. The molecule has 1 aromatic carbocycles. The quantitative estimate of drug-likeness (QED) is 0.783. The summed E-state index contributed by atoms with van der Waals surface area (Å²) in [6, 6.07) is 12.9. The molecule has 0 saturated heterocycles. The highest BCUT2D eigenvalue weighted by Crippen LogP contribution is 2.19. The average Bonchev–Trinajstić information content (AvgIpc) is 3.19. The van der Waals surface area contributed by atoms with Crippen molar-refractivity contribution in [3.05, 3.63) is 69.6 Å². The maximum Gasteiger partial charge on any atom is 0.272 e. The largest absolute Gasteiger partial charge is 0.343 e. The summed E-state index contributed by atoms with van der Waals surface area (Å²) in [6.45, 7) is 1.96. The zero-order valence-corrected chi connectivity index (χ0v) is 13.4. The summed E-state index contributed by atoms with van der Waals surface area (Å²) in [5.74, 6) is -0.193. The van der Waals surface area contributed by atoms with Crippen LogP contribution in [0, 0.1) is 0 Å². The number of benzene rings is 1. The monoisotopic (exact) mass is 331 g/mol. The van der Waals surface area contributed by atoms with Gasteiger partial charge in [-0.25, -0.2) is 4.68 Å². The van der Waals surface area contributed by atoms with Crippen molar-refractivity contribution in [2.24, 2.45) is 0 Å². The smallest absolute Gasteiger partial charge is 0.272 e. The number of rotatable bonds is 4. The predicted octanol–water partition coefficient (Wildman–Crippen LogP) is 4.08. The van der Waals surface area contributed by atoms with E-state index in [1.807, 2.05) is 36.6 Å². The van der Waals surface area contributed by atoms with Gasteiger partial charge in [0.25, 0.3) is 5.91 Å². The molecule has 0 aliphatic rings. The van der Waals surface area contributed by atoms with Gasteiger partial charge in [-0.2, -0.15) is 5.10 Å². The molecule has 0 fully saturated rings. The number of hydrogen-bond acceptors (Lipinski definition) is 3. The third-order valence-electron chi connectivity index (χ3n) is 3.21. The Morgan fingerprint density at radius 2 is 2.18 bits per heavy atom. The molecule has 0 bridgehead atoms. The minimum Gasteiger partial charge on any atom is -0.343 e. The van der Waals surface area contributed by atoms with Gasteiger partial charge in [-0.05, 0) is 42.6 Å². The number of carbonyl (C=O) groups excluding carboxylic acids is 1. The van der Waals surface area contributed by atoms with Crippen molar-refractivity contribution in [1.29, 1.82) is 0 Å². The van der Waals surface area contributed by atoms with Crippen LogP contribution in [0.25, 0.3) is 5.69 Å². The van der Waals surface area contributed by atoms with Crippen LogP contribution in [0.3, 0.4) is 0 Å². The van der Waals surface area contributed by atoms with E-state index in [2.05, 4.69) is 10.4 Å². The number of carbonyl (C=O) groups is 1. The van der Waals surface area contributed by atoms with Gasteiger partial charge in [0.15, 0.2) is 5.69 Å². The predicted molar refractivity (Wildman–Crippen MR) is 88.8 cm³/mol. The van der Waals surface area contributed by atoms with Gasteiger partial charge in [0.2, 0.25) is 0 Å². The molecule has 3 aromatic rings. The number of hydrogen-bond donors (Lipinski definition) is 1. The SMILES string of the molecule is C[C@@H](NC(=O)c1ccn(-c2cccc(Cl)c2)n1)c1cccs1. The maximum atomic E-state index is 12.3. The highest BCUT2D eigenvalue weighted by atomic mass is 35.5. The topological polar surface area (TPSA) is 46.9 Å². The fraction of sp³-hybridized carbons (Fsp3) is 0.125. The van der Waals surface area contributed by atoms with Crippen LogP contribution >= 0.6 is 22.9 Å². The van der Waals surface area contributed by atoms with Gasteiger partial charge in [-0.3, -0.25) is 4.79 Å². The summed E-state index contributed by atoms with van der Waals surface area (Å²) in [7, 11) is 0. The summed E-state index contributed by atoms with van der Waals surface area (Å²) >= 11 is 7.59. The summed E-state index contributed by atoms with van der Waals surface area (Å²) in [5.41, 5.74) is 1.20. The van der Waals surface area contributed by atoms with Crippen LogP contribution in [0.1, 0.15) is 28.3 Å². The van der Waals surface area contributed by atoms with E-state index in [1.165, 1.54) is 0 Å². The Morgan fingerprint density at radius 1 is 1.32 bits per heavy atom. The fourth-order valence-electron chi connectivity index (χ4n) is 2.09. The fourth-order valence-corrected chi connectivity index (χ4v) is 3.01. The zero-order valence-electron chi connectivity index (χ0n) is 11.9. The van der Waals surface area contributed by atoms with Crippen LogP contribution in [0.5, 0.6) is 0 Å². The van der Waals surface area contributed by atoms with E-state index in [1.54, 1.807) is 40.4 Å². The molecule has 1 amide bonds. The maximum absolute atomic E-state index is 12.3. The Labute approximate surface area is 137 Å². The van der Waals surface area contributed by atoms with Gasteiger partial charge in [-0.15, -0.1) is 11.3 Å².